The fourth-order valence-corrected chi connectivity index (χ4v) is 3.83. The van der Waals surface area contributed by atoms with Crippen molar-refractivity contribution in [3.8, 4) is 5.75 Å². The van der Waals surface area contributed by atoms with Gasteiger partial charge in [0, 0.05) is 23.5 Å². The van der Waals surface area contributed by atoms with Gasteiger partial charge in [-0.3, -0.25) is 0 Å². The largest absolute Gasteiger partial charge is 0.491 e. The molecule has 0 bridgehead atoms. The van der Waals surface area contributed by atoms with Crippen LogP contribution in [-0.2, 0) is 4.74 Å². The summed E-state index contributed by atoms with van der Waals surface area (Å²) in [5, 5.41) is 0. The molecule has 4 heteroatoms. The van der Waals surface area contributed by atoms with E-state index in [0.29, 0.717) is 13.2 Å². The third kappa shape index (κ3) is 3.44. The third-order valence-electron chi connectivity index (χ3n) is 3.71. The van der Waals surface area contributed by atoms with Crippen LogP contribution in [0.5, 0.6) is 5.75 Å². The lowest BCUT2D eigenvalue weighted by Crippen LogP contribution is -2.33. The van der Waals surface area contributed by atoms with Crippen LogP contribution in [0.15, 0.2) is 24.3 Å². The Morgan fingerprint density at radius 2 is 2.16 bits per heavy atom. The highest BCUT2D eigenvalue weighted by Gasteiger charge is 2.37. The first kappa shape index (κ1) is 14.7. The van der Waals surface area contributed by atoms with Crippen molar-refractivity contribution in [1.29, 1.82) is 0 Å². The van der Waals surface area contributed by atoms with Gasteiger partial charge in [-0.05, 0) is 31.6 Å². The Morgan fingerprint density at radius 3 is 2.84 bits per heavy atom. The molecule has 0 aliphatic carbocycles. The van der Waals surface area contributed by atoms with Crippen LogP contribution < -0.4 is 10.5 Å². The minimum Gasteiger partial charge on any atom is -0.491 e. The number of hydrogen-bond donors (Lipinski definition) is 1. The Hall–Kier alpha value is -0.710. The van der Waals surface area contributed by atoms with E-state index in [4.69, 9.17) is 15.2 Å². The minimum absolute atomic E-state index is 0.0127. The molecule has 3 nitrogen and oxygen atoms in total. The second kappa shape index (κ2) is 6.64. The minimum atomic E-state index is 0.0127. The summed E-state index contributed by atoms with van der Waals surface area (Å²) in [7, 11) is 1.68. The molecule has 2 atom stereocenters. The molecule has 0 aromatic heterocycles. The molecule has 0 spiro atoms. The summed E-state index contributed by atoms with van der Waals surface area (Å²) < 4.78 is 10.9. The average molecular weight is 281 g/mol. The summed E-state index contributed by atoms with van der Waals surface area (Å²) in [6.45, 7) is 3.42. The first-order chi connectivity index (χ1) is 9.17. The summed E-state index contributed by atoms with van der Waals surface area (Å²) in [4.78, 5) is 0. The van der Waals surface area contributed by atoms with E-state index in [9.17, 15) is 0 Å². The molecule has 1 aromatic rings. The summed E-state index contributed by atoms with van der Waals surface area (Å²) in [5.41, 5.74) is 7.61. The molecule has 1 aromatic carbocycles. The van der Waals surface area contributed by atoms with E-state index in [2.05, 4.69) is 13.0 Å². The fourth-order valence-electron chi connectivity index (χ4n) is 2.48. The summed E-state index contributed by atoms with van der Waals surface area (Å²) in [6.07, 6.45) is 2.42. The molecule has 1 aliphatic heterocycles. The van der Waals surface area contributed by atoms with Crippen molar-refractivity contribution in [3.63, 3.8) is 0 Å². The van der Waals surface area contributed by atoms with Crippen molar-refractivity contribution in [2.45, 2.75) is 30.6 Å². The van der Waals surface area contributed by atoms with Gasteiger partial charge in [-0.15, -0.1) is 0 Å². The van der Waals surface area contributed by atoms with Crippen LogP contribution in [0, 0.1) is 0 Å². The molecule has 1 heterocycles. The molecule has 0 saturated carbocycles. The lowest BCUT2D eigenvalue weighted by atomic mass is 9.90. The first-order valence-electron chi connectivity index (χ1n) is 6.77. The van der Waals surface area contributed by atoms with Gasteiger partial charge in [0.1, 0.15) is 12.4 Å². The van der Waals surface area contributed by atoms with Gasteiger partial charge in [0.2, 0.25) is 0 Å². The zero-order valence-electron chi connectivity index (χ0n) is 11.7. The van der Waals surface area contributed by atoms with E-state index >= 15 is 0 Å². The molecule has 2 N–H and O–H groups in total. The molecule has 1 aliphatic rings. The quantitative estimate of drug-likeness (QED) is 0.814. The first-order valence-corrected chi connectivity index (χ1v) is 7.76. The molecular formula is C15H23NO2S. The standard InChI is InChI=1S/C15H23NO2S/c1-15(8-5-11-19-15)14(16)12-6-3-4-7-13(12)18-10-9-17-2/h3-4,6-7,14H,5,8-11,16H2,1-2H3. The van der Waals surface area contributed by atoms with Gasteiger partial charge >= 0.3 is 0 Å². The maximum absolute atomic E-state index is 6.51. The van der Waals surface area contributed by atoms with E-state index in [0.717, 1.165) is 11.3 Å². The highest BCUT2D eigenvalue weighted by atomic mass is 32.2. The van der Waals surface area contributed by atoms with Gasteiger partial charge in [0.05, 0.1) is 6.61 Å². The molecule has 1 saturated heterocycles. The SMILES string of the molecule is COCCOc1ccccc1C(N)C1(C)CCCS1. The van der Waals surface area contributed by atoms with Crippen LogP contribution in [-0.4, -0.2) is 30.8 Å². The van der Waals surface area contributed by atoms with Gasteiger partial charge in [-0.1, -0.05) is 18.2 Å². The maximum atomic E-state index is 6.51. The summed E-state index contributed by atoms with van der Waals surface area (Å²) >= 11 is 1.98. The predicted molar refractivity (Wildman–Crippen MR) is 80.8 cm³/mol. The Bertz CT molecular complexity index is 405. The van der Waals surface area contributed by atoms with Gasteiger partial charge < -0.3 is 15.2 Å². The average Bonchev–Trinajstić information content (AvgIpc) is 2.87. The number of rotatable bonds is 6. The number of para-hydroxylation sites is 1. The zero-order valence-corrected chi connectivity index (χ0v) is 12.5. The topological polar surface area (TPSA) is 44.5 Å². The van der Waals surface area contributed by atoms with Crippen LogP contribution in [0.1, 0.15) is 31.4 Å². The van der Waals surface area contributed by atoms with Gasteiger partial charge in [-0.2, -0.15) is 11.8 Å². The smallest absolute Gasteiger partial charge is 0.124 e. The van der Waals surface area contributed by atoms with Crippen LogP contribution >= 0.6 is 11.8 Å². The number of benzene rings is 1. The summed E-state index contributed by atoms with van der Waals surface area (Å²) in [6, 6.07) is 8.10. The molecule has 19 heavy (non-hydrogen) atoms. The lowest BCUT2D eigenvalue weighted by molar-refractivity contribution is 0.145. The normalized spacial score (nSPS) is 24.4. The lowest BCUT2D eigenvalue weighted by Gasteiger charge is -2.31. The van der Waals surface area contributed by atoms with E-state index in [-0.39, 0.29) is 10.8 Å². The molecule has 2 unspecified atom stereocenters. The van der Waals surface area contributed by atoms with Crippen molar-refractivity contribution < 1.29 is 9.47 Å². The van der Waals surface area contributed by atoms with Crippen LogP contribution in [0.2, 0.25) is 0 Å². The number of hydrogen-bond acceptors (Lipinski definition) is 4. The number of thioether (sulfide) groups is 1. The van der Waals surface area contributed by atoms with E-state index < -0.39 is 0 Å². The Labute approximate surface area is 119 Å². The highest BCUT2D eigenvalue weighted by molar-refractivity contribution is 8.00. The third-order valence-corrected chi connectivity index (χ3v) is 5.32. The number of methoxy groups -OCH3 is 1. The highest BCUT2D eigenvalue weighted by Crippen LogP contribution is 2.46. The Balaban J connectivity index is 2.14. The fraction of sp³-hybridized carbons (Fsp3) is 0.600. The number of ether oxygens (including phenoxy) is 2. The second-order valence-corrected chi connectivity index (χ2v) is 6.75. The van der Waals surface area contributed by atoms with E-state index in [1.54, 1.807) is 7.11 Å². The number of nitrogens with two attached hydrogens (primary N) is 1. The van der Waals surface area contributed by atoms with E-state index in [1.807, 2.05) is 30.0 Å². The van der Waals surface area contributed by atoms with Crippen molar-refractivity contribution in [1.82, 2.24) is 0 Å². The molecule has 106 valence electrons. The van der Waals surface area contributed by atoms with Gasteiger partial charge in [0.15, 0.2) is 0 Å². The van der Waals surface area contributed by atoms with Crippen molar-refractivity contribution in [3.05, 3.63) is 29.8 Å². The van der Waals surface area contributed by atoms with Crippen molar-refractivity contribution in [2.75, 3.05) is 26.1 Å². The van der Waals surface area contributed by atoms with Gasteiger partial charge in [0.25, 0.3) is 0 Å². The monoisotopic (exact) mass is 281 g/mol. The van der Waals surface area contributed by atoms with Crippen molar-refractivity contribution >= 4 is 11.8 Å². The van der Waals surface area contributed by atoms with Gasteiger partial charge in [-0.25, -0.2) is 0 Å². The van der Waals surface area contributed by atoms with Crippen LogP contribution in [0.4, 0.5) is 0 Å². The molecule has 0 amide bonds. The molecule has 1 fully saturated rings. The predicted octanol–water partition coefficient (Wildman–Crippen LogP) is 3.00. The second-order valence-electron chi connectivity index (χ2n) is 5.12. The summed E-state index contributed by atoms with van der Waals surface area (Å²) in [5.74, 6) is 2.09. The maximum Gasteiger partial charge on any atom is 0.124 e. The van der Waals surface area contributed by atoms with Crippen molar-refractivity contribution in [2.24, 2.45) is 5.73 Å². The molecular weight excluding hydrogens is 258 g/mol. The molecule has 0 radical (unpaired) electrons. The van der Waals surface area contributed by atoms with E-state index in [1.165, 1.54) is 18.6 Å². The zero-order chi connectivity index (χ0) is 13.7. The van der Waals surface area contributed by atoms with Crippen LogP contribution in [0.3, 0.4) is 0 Å². The Kier molecular flexibility index (Phi) is 5.13. The van der Waals surface area contributed by atoms with Crippen LogP contribution in [0.25, 0.3) is 0 Å². The Morgan fingerprint density at radius 1 is 1.37 bits per heavy atom. The molecule has 2 rings (SSSR count).